The first kappa shape index (κ1) is 11.9. The van der Waals surface area contributed by atoms with Crippen molar-refractivity contribution in [1.29, 1.82) is 0 Å². The van der Waals surface area contributed by atoms with E-state index < -0.39 is 5.60 Å². The Kier molecular flexibility index (Phi) is 3.27. The van der Waals surface area contributed by atoms with Crippen LogP contribution in [0.4, 0.5) is 4.79 Å². The lowest BCUT2D eigenvalue weighted by Gasteiger charge is -2.32. The van der Waals surface area contributed by atoms with Crippen molar-refractivity contribution in [2.75, 3.05) is 6.54 Å². The van der Waals surface area contributed by atoms with Crippen LogP contribution in [0.15, 0.2) is 11.8 Å². The Bertz CT molecular complexity index is 278. The fourth-order valence-corrected chi connectivity index (χ4v) is 1.47. The molecule has 0 saturated carbocycles. The Morgan fingerprint density at radius 2 is 2.20 bits per heavy atom. The summed E-state index contributed by atoms with van der Waals surface area (Å²) < 4.78 is 5.26. The summed E-state index contributed by atoms with van der Waals surface area (Å²) in [7, 11) is 0. The molecule has 1 aliphatic heterocycles. The van der Waals surface area contributed by atoms with Crippen molar-refractivity contribution < 1.29 is 14.6 Å². The van der Waals surface area contributed by atoms with Gasteiger partial charge in [-0.25, -0.2) is 4.79 Å². The average Bonchev–Trinajstić information content (AvgIpc) is 1.99. The third-order valence-corrected chi connectivity index (χ3v) is 2.16. The Labute approximate surface area is 90.5 Å². The van der Waals surface area contributed by atoms with E-state index in [-0.39, 0.29) is 12.1 Å². The van der Waals surface area contributed by atoms with Gasteiger partial charge in [0.15, 0.2) is 0 Å². The standard InChI is InChI=1S/C11H19NO3/c1-8-7-9(13)5-6-12(8)10(14)15-11(2,3)4/h7-8,13H,5-6H2,1-4H3/t8-/m1/s1. The molecule has 0 radical (unpaired) electrons. The zero-order chi connectivity index (χ0) is 11.6. The van der Waals surface area contributed by atoms with E-state index in [1.165, 1.54) is 0 Å². The number of hydrogen-bond acceptors (Lipinski definition) is 3. The Balaban J connectivity index is 2.62. The van der Waals surface area contributed by atoms with Crippen molar-refractivity contribution in [2.45, 2.75) is 45.8 Å². The van der Waals surface area contributed by atoms with Crippen LogP contribution in [0.1, 0.15) is 34.1 Å². The lowest BCUT2D eigenvalue weighted by Crippen LogP contribution is -2.43. The van der Waals surface area contributed by atoms with Crippen LogP contribution < -0.4 is 0 Å². The highest BCUT2D eigenvalue weighted by atomic mass is 16.6. The van der Waals surface area contributed by atoms with E-state index in [0.29, 0.717) is 18.7 Å². The number of hydrogen-bond donors (Lipinski definition) is 1. The van der Waals surface area contributed by atoms with E-state index in [0.717, 1.165) is 0 Å². The number of nitrogens with zero attached hydrogens (tertiary/aromatic N) is 1. The summed E-state index contributed by atoms with van der Waals surface area (Å²) in [6, 6.07) is -0.103. The maximum atomic E-state index is 11.7. The van der Waals surface area contributed by atoms with Gasteiger partial charge in [-0.1, -0.05) is 0 Å². The molecule has 1 aliphatic rings. The minimum absolute atomic E-state index is 0.103. The van der Waals surface area contributed by atoms with Gasteiger partial charge in [-0.15, -0.1) is 0 Å². The van der Waals surface area contributed by atoms with E-state index >= 15 is 0 Å². The maximum Gasteiger partial charge on any atom is 0.410 e. The first-order valence-corrected chi connectivity index (χ1v) is 5.19. The number of amides is 1. The summed E-state index contributed by atoms with van der Waals surface area (Å²) in [5.74, 6) is 0.349. The molecule has 0 unspecified atom stereocenters. The van der Waals surface area contributed by atoms with E-state index in [2.05, 4.69) is 0 Å². The highest BCUT2D eigenvalue weighted by Gasteiger charge is 2.27. The molecule has 0 aromatic heterocycles. The number of carbonyl (C=O) groups is 1. The van der Waals surface area contributed by atoms with Gasteiger partial charge in [-0.2, -0.15) is 0 Å². The summed E-state index contributed by atoms with van der Waals surface area (Å²) in [5, 5.41) is 9.29. The van der Waals surface area contributed by atoms with Gasteiger partial charge in [0, 0.05) is 13.0 Å². The highest BCUT2D eigenvalue weighted by molar-refractivity contribution is 5.69. The predicted molar refractivity (Wildman–Crippen MR) is 57.7 cm³/mol. The van der Waals surface area contributed by atoms with Gasteiger partial charge in [0.05, 0.1) is 11.8 Å². The minimum atomic E-state index is -0.472. The lowest BCUT2D eigenvalue weighted by atomic mass is 10.1. The second-order valence-corrected chi connectivity index (χ2v) is 4.82. The Morgan fingerprint density at radius 1 is 1.60 bits per heavy atom. The fraction of sp³-hybridized carbons (Fsp3) is 0.727. The lowest BCUT2D eigenvalue weighted by molar-refractivity contribution is 0.0191. The quantitative estimate of drug-likeness (QED) is 0.672. The molecule has 0 saturated heterocycles. The Hall–Kier alpha value is -1.19. The second kappa shape index (κ2) is 4.13. The fourth-order valence-electron chi connectivity index (χ4n) is 1.47. The Morgan fingerprint density at radius 3 is 2.67 bits per heavy atom. The smallest absolute Gasteiger partial charge is 0.410 e. The molecule has 1 heterocycles. The van der Waals surface area contributed by atoms with Crippen LogP contribution in [0, 0.1) is 0 Å². The van der Waals surface area contributed by atoms with Gasteiger partial charge in [0.1, 0.15) is 5.60 Å². The highest BCUT2D eigenvalue weighted by Crippen LogP contribution is 2.18. The van der Waals surface area contributed by atoms with Gasteiger partial charge >= 0.3 is 6.09 Å². The molecule has 0 bridgehead atoms. The summed E-state index contributed by atoms with van der Waals surface area (Å²) in [6.07, 6.45) is 1.86. The SMILES string of the molecule is C[C@@H]1C=C(O)CCN1C(=O)OC(C)(C)C. The zero-order valence-corrected chi connectivity index (χ0v) is 9.78. The third kappa shape index (κ3) is 3.46. The second-order valence-electron chi connectivity index (χ2n) is 4.82. The number of rotatable bonds is 0. The summed E-state index contributed by atoms with van der Waals surface area (Å²) >= 11 is 0. The molecular formula is C11H19NO3. The van der Waals surface area contributed by atoms with Crippen molar-refractivity contribution in [3.8, 4) is 0 Å². The molecule has 0 spiro atoms. The monoisotopic (exact) mass is 213 g/mol. The van der Waals surface area contributed by atoms with Gasteiger partial charge in [-0.05, 0) is 33.8 Å². The van der Waals surface area contributed by atoms with Crippen LogP contribution in [0.3, 0.4) is 0 Å². The average molecular weight is 213 g/mol. The molecule has 0 fully saturated rings. The van der Waals surface area contributed by atoms with Crippen LogP contribution in [0.25, 0.3) is 0 Å². The zero-order valence-electron chi connectivity index (χ0n) is 9.78. The first-order valence-electron chi connectivity index (χ1n) is 5.19. The third-order valence-electron chi connectivity index (χ3n) is 2.16. The summed E-state index contributed by atoms with van der Waals surface area (Å²) in [6.45, 7) is 7.89. The van der Waals surface area contributed by atoms with Gasteiger partial charge in [0.2, 0.25) is 0 Å². The van der Waals surface area contributed by atoms with E-state index in [9.17, 15) is 9.90 Å². The van der Waals surface area contributed by atoms with Crippen LogP contribution in [-0.4, -0.2) is 34.3 Å². The summed E-state index contributed by atoms with van der Waals surface area (Å²) in [4.78, 5) is 13.3. The largest absolute Gasteiger partial charge is 0.513 e. The van der Waals surface area contributed by atoms with Crippen LogP contribution >= 0.6 is 0 Å². The molecule has 4 nitrogen and oxygen atoms in total. The normalized spacial score (nSPS) is 22.3. The number of ether oxygens (including phenoxy) is 1. The topological polar surface area (TPSA) is 49.8 Å². The van der Waals surface area contributed by atoms with Crippen LogP contribution in [-0.2, 0) is 4.74 Å². The molecule has 15 heavy (non-hydrogen) atoms. The molecule has 1 N–H and O–H groups in total. The number of aliphatic hydroxyl groups is 1. The number of carbonyl (C=O) groups excluding carboxylic acids is 1. The molecule has 0 aliphatic carbocycles. The van der Waals surface area contributed by atoms with E-state index in [1.54, 1.807) is 11.0 Å². The van der Waals surface area contributed by atoms with Gasteiger partial charge in [-0.3, -0.25) is 0 Å². The number of aliphatic hydroxyl groups excluding tert-OH is 1. The van der Waals surface area contributed by atoms with Crippen molar-refractivity contribution in [3.63, 3.8) is 0 Å². The predicted octanol–water partition coefficient (Wildman–Crippen LogP) is 2.46. The molecule has 1 amide bonds. The van der Waals surface area contributed by atoms with E-state index in [1.807, 2.05) is 27.7 Å². The summed E-state index contributed by atoms with van der Waals surface area (Å²) in [5.41, 5.74) is -0.472. The van der Waals surface area contributed by atoms with Crippen molar-refractivity contribution in [3.05, 3.63) is 11.8 Å². The molecule has 0 aromatic rings. The van der Waals surface area contributed by atoms with Crippen molar-refractivity contribution in [2.24, 2.45) is 0 Å². The molecule has 0 aromatic carbocycles. The van der Waals surface area contributed by atoms with Crippen molar-refractivity contribution >= 4 is 6.09 Å². The molecule has 1 rings (SSSR count). The molecule has 4 heteroatoms. The molecule has 1 atom stereocenters. The maximum absolute atomic E-state index is 11.7. The van der Waals surface area contributed by atoms with Crippen LogP contribution in [0.5, 0.6) is 0 Å². The molecular weight excluding hydrogens is 194 g/mol. The van der Waals surface area contributed by atoms with Gasteiger partial charge in [0.25, 0.3) is 0 Å². The van der Waals surface area contributed by atoms with Crippen molar-refractivity contribution in [1.82, 2.24) is 4.90 Å². The van der Waals surface area contributed by atoms with E-state index in [4.69, 9.17) is 4.74 Å². The van der Waals surface area contributed by atoms with Crippen LogP contribution in [0.2, 0.25) is 0 Å². The minimum Gasteiger partial charge on any atom is -0.513 e. The molecule has 86 valence electrons. The first-order chi connectivity index (χ1) is 6.79. The van der Waals surface area contributed by atoms with Gasteiger partial charge < -0.3 is 14.7 Å².